The van der Waals surface area contributed by atoms with Gasteiger partial charge in [-0.05, 0) is 13.8 Å². The number of nitrogens with one attached hydrogen (secondary N) is 1. The van der Waals surface area contributed by atoms with Gasteiger partial charge < -0.3 is 5.11 Å². The molecular weight excluding hydrogens is 186 g/mol. The molecule has 6 heteroatoms. The maximum Gasteiger partial charge on any atom is 0.343 e. The third-order valence-electron chi connectivity index (χ3n) is 1.75. The predicted octanol–water partition coefficient (Wildman–Crippen LogP) is 0.169. The highest BCUT2D eigenvalue weighted by molar-refractivity contribution is 5.66. The Morgan fingerprint density at radius 2 is 2.29 bits per heavy atom. The van der Waals surface area contributed by atoms with Crippen molar-refractivity contribution in [1.29, 1.82) is 0 Å². The predicted molar refractivity (Wildman–Crippen MR) is 49.2 cm³/mol. The molecule has 1 rings (SSSR count). The fourth-order valence-electron chi connectivity index (χ4n) is 1.07. The molecule has 0 aliphatic carbocycles. The normalized spacial score (nSPS) is 10.8. The summed E-state index contributed by atoms with van der Waals surface area (Å²) in [5.74, 6) is -0.476. The van der Waals surface area contributed by atoms with Crippen molar-refractivity contribution >= 4 is 5.97 Å². The van der Waals surface area contributed by atoms with Gasteiger partial charge in [0.1, 0.15) is 5.82 Å². The van der Waals surface area contributed by atoms with Gasteiger partial charge in [-0.2, -0.15) is 5.10 Å². The standard InChI is InChI=1S/C8H13N3O3/c1-5(2)11-8(14)9-6(10-11)3-4-7(12)13/h5H,3-4H2,1-2H3,(H,12,13)(H,9,10,14). The Bertz CT molecular complexity index is 377. The first kappa shape index (κ1) is 10.5. The Kier molecular flexibility index (Phi) is 3.06. The Labute approximate surface area is 80.6 Å². The average molecular weight is 199 g/mol. The first-order valence-corrected chi connectivity index (χ1v) is 4.40. The lowest BCUT2D eigenvalue weighted by Gasteiger charge is -2.00. The SMILES string of the molecule is CC(C)n1nc(CCC(=O)O)[nH]c1=O. The van der Waals surface area contributed by atoms with Crippen molar-refractivity contribution < 1.29 is 9.90 Å². The molecule has 6 nitrogen and oxygen atoms in total. The number of carboxylic acids is 1. The van der Waals surface area contributed by atoms with E-state index in [2.05, 4.69) is 10.1 Å². The summed E-state index contributed by atoms with van der Waals surface area (Å²) in [4.78, 5) is 24.0. The highest BCUT2D eigenvalue weighted by atomic mass is 16.4. The fraction of sp³-hybridized carbons (Fsp3) is 0.625. The largest absolute Gasteiger partial charge is 0.481 e. The van der Waals surface area contributed by atoms with Gasteiger partial charge in [0.2, 0.25) is 0 Å². The molecule has 2 N–H and O–H groups in total. The number of aromatic amines is 1. The van der Waals surface area contributed by atoms with Crippen LogP contribution in [0, 0.1) is 0 Å². The Morgan fingerprint density at radius 3 is 2.71 bits per heavy atom. The number of hydrogen-bond acceptors (Lipinski definition) is 3. The minimum Gasteiger partial charge on any atom is -0.481 e. The molecule has 0 aliphatic rings. The molecule has 0 unspecified atom stereocenters. The van der Waals surface area contributed by atoms with E-state index in [9.17, 15) is 9.59 Å². The van der Waals surface area contributed by atoms with Crippen molar-refractivity contribution in [2.45, 2.75) is 32.7 Å². The highest BCUT2D eigenvalue weighted by Gasteiger charge is 2.08. The van der Waals surface area contributed by atoms with Gasteiger partial charge in [0, 0.05) is 6.42 Å². The number of carbonyl (C=O) groups is 1. The summed E-state index contributed by atoms with van der Waals surface area (Å²) in [6.45, 7) is 3.67. The summed E-state index contributed by atoms with van der Waals surface area (Å²) >= 11 is 0. The van der Waals surface area contributed by atoms with E-state index in [1.807, 2.05) is 13.8 Å². The van der Waals surface area contributed by atoms with Crippen molar-refractivity contribution in [2.24, 2.45) is 0 Å². The van der Waals surface area contributed by atoms with E-state index >= 15 is 0 Å². The van der Waals surface area contributed by atoms with Crippen molar-refractivity contribution in [3.8, 4) is 0 Å². The highest BCUT2D eigenvalue weighted by Crippen LogP contribution is 1.98. The first-order chi connectivity index (χ1) is 6.50. The zero-order valence-electron chi connectivity index (χ0n) is 8.15. The van der Waals surface area contributed by atoms with Crippen LogP contribution in [-0.2, 0) is 11.2 Å². The van der Waals surface area contributed by atoms with E-state index in [0.717, 1.165) is 0 Å². The molecule has 0 atom stereocenters. The number of carboxylic acid groups (broad SMARTS) is 1. The molecule has 1 aromatic rings. The number of aryl methyl sites for hydroxylation is 1. The molecule has 0 saturated carbocycles. The Hall–Kier alpha value is -1.59. The van der Waals surface area contributed by atoms with Crippen LogP contribution in [0.5, 0.6) is 0 Å². The molecule has 0 fully saturated rings. The minimum absolute atomic E-state index is 0.0164. The van der Waals surface area contributed by atoms with Gasteiger partial charge in [-0.3, -0.25) is 9.78 Å². The van der Waals surface area contributed by atoms with E-state index in [1.54, 1.807) is 0 Å². The zero-order chi connectivity index (χ0) is 10.7. The van der Waals surface area contributed by atoms with E-state index in [4.69, 9.17) is 5.11 Å². The third-order valence-corrected chi connectivity index (χ3v) is 1.75. The summed E-state index contributed by atoms with van der Waals surface area (Å²) in [6.07, 6.45) is 0.231. The number of aliphatic carboxylic acids is 1. The average Bonchev–Trinajstić information content (AvgIpc) is 2.43. The number of aromatic nitrogens is 3. The van der Waals surface area contributed by atoms with Gasteiger partial charge >= 0.3 is 11.7 Å². The Morgan fingerprint density at radius 1 is 1.64 bits per heavy atom. The van der Waals surface area contributed by atoms with Crippen molar-refractivity contribution in [1.82, 2.24) is 14.8 Å². The van der Waals surface area contributed by atoms with Crippen LogP contribution in [0.1, 0.15) is 32.1 Å². The van der Waals surface area contributed by atoms with Crippen LogP contribution in [0.25, 0.3) is 0 Å². The molecule has 0 aliphatic heterocycles. The van der Waals surface area contributed by atoms with E-state index < -0.39 is 5.97 Å². The van der Waals surface area contributed by atoms with Crippen LogP contribution in [0.2, 0.25) is 0 Å². The molecule has 78 valence electrons. The number of H-pyrrole nitrogens is 1. The topological polar surface area (TPSA) is 88.0 Å². The zero-order valence-corrected chi connectivity index (χ0v) is 8.15. The second-order valence-electron chi connectivity index (χ2n) is 3.31. The summed E-state index contributed by atoms with van der Waals surface area (Å²) in [6, 6.07) is -0.0164. The van der Waals surface area contributed by atoms with Crippen LogP contribution in [-0.4, -0.2) is 25.8 Å². The van der Waals surface area contributed by atoms with Gasteiger partial charge in [0.05, 0.1) is 12.5 Å². The lowest BCUT2D eigenvalue weighted by Crippen LogP contribution is -2.19. The van der Waals surface area contributed by atoms with E-state index in [-0.39, 0.29) is 24.6 Å². The number of hydrogen-bond donors (Lipinski definition) is 2. The van der Waals surface area contributed by atoms with Crippen molar-refractivity contribution in [3.63, 3.8) is 0 Å². The molecular formula is C8H13N3O3. The molecule has 1 aromatic heterocycles. The van der Waals surface area contributed by atoms with Crippen LogP contribution in [0.15, 0.2) is 4.79 Å². The van der Waals surface area contributed by atoms with Gasteiger partial charge in [0.15, 0.2) is 0 Å². The van der Waals surface area contributed by atoms with Crippen molar-refractivity contribution in [2.75, 3.05) is 0 Å². The monoisotopic (exact) mass is 199 g/mol. The van der Waals surface area contributed by atoms with Gasteiger partial charge in [-0.1, -0.05) is 0 Å². The van der Waals surface area contributed by atoms with Gasteiger partial charge in [-0.25, -0.2) is 9.48 Å². The number of rotatable bonds is 4. The quantitative estimate of drug-likeness (QED) is 0.723. The van der Waals surface area contributed by atoms with Crippen molar-refractivity contribution in [3.05, 3.63) is 16.3 Å². The fourth-order valence-corrected chi connectivity index (χ4v) is 1.07. The smallest absolute Gasteiger partial charge is 0.343 e. The maximum atomic E-state index is 11.2. The van der Waals surface area contributed by atoms with Crippen LogP contribution in [0.4, 0.5) is 0 Å². The van der Waals surface area contributed by atoms with E-state index in [0.29, 0.717) is 5.82 Å². The number of nitrogens with zero attached hydrogens (tertiary/aromatic N) is 2. The summed E-state index contributed by atoms with van der Waals surface area (Å²) < 4.78 is 1.30. The molecule has 14 heavy (non-hydrogen) atoms. The Balaban J connectivity index is 2.76. The first-order valence-electron chi connectivity index (χ1n) is 4.40. The third kappa shape index (κ3) is 2.45. The summed E-state index contributed by atoms with van der Waals surface area (Å²) in [7, 11) is 0. The molecule has 0 saturated heterocycles. The van der Waals surface area contributed by atoms with Crippen LogP contribution < -0.4 is 5.69 Å². The molecule has 0 amide bonds. The molecule has 0 radical (unpaired) electrons. The maximum absolute atomic E-state index is 11.2. The second kappa shape index (κ2) is 4.08. The minimum atomic E-state index is -0.898. The summed E-state index contributed by atoms with van der Waals surface area (Å²) in [5.41, 5.74) is -0.291. The summed E-state index contributed by atoms with van der Waals surface area (Å²) in [5, 5.41) is 12.4. The second-order valence-corrected chi connectivity index (χ2v) is 3.31. The van der Waals surface area contributed by atoms with Gasteiger partial charge in [-0.15, -0.1) is 0 Å². The van der Waals surface area contributed by atoms with Gasteiger partial charge in [0.25, 0.3) is 0 Å². The lowest BCUT2D eigenvalue weighted by molar-refractivity contribution is -0.137. The molecule has 0 aromatic carbocycles. The lowest BCUT2D eigenvalue weighted by atomic mass is 10.3. The van der Waals surface area contributed by atoms with Crippen LogP contribution >= 0.6 is 0 Å². The van der Waals surface area contributed by atoms with E-state index in [1.165, 1.54) is 4.68 Å². The molecule has 0 bridgehead atoms. The van der Waals surface area contributed by atoms with Crippen LogP contribution in [0.3, 0.4) is 0 Å². The molecule has 1 heterocycles. The molecule has 0 spiro atoms.